The van der Waals surface area contributed by atoms with Crippen molar-refractivity contribution in [3.8, 4) is 5.75 Å². The molecule has 4 heteroatoms. The molecule has 1 N–H and O–H groups in total. The summed E-state index contributed by atoms with van der Waals surface area (Å²) in [6.45, 7) is 1.86. The number of carboxylic acids is 1. The van der Waals surface area contributed by atoms with Crippen LogP contribution in [0.1, 0.15) is 13.3 Å². The van der Waals surface area contributed by atoms with E-state index in [-0.39, 0.29) is 0 Å². The molecule has 1 aromatic rings. The molecule has 0 spiro atoms. The number of nitrogens with zero attached hydrogens (tertiary/aromatic N) is 1. The Morgan fingerprint density at radius 3 is 2.38 bits per heavy atom. The number of methoxy groups -OCH3 is 1. The molecule has 88 valence electrons. The first-order valence-electron chi connectivity index (χ1n) is 5.19. The van der Waals surface area contributed by atoms with Crippen LogP contribution in [0.5, 0.6) is 5.75 Å². The van der Waals surface area contributed by atoms with Crippen LogP contribution < -0.4 is 9.64 Å². The highest BCUT2D eigenvalue weighted by atomic mass is 16.5. The van der Waals surface area contributed by atoms with Gasteiger partial charge in [0.25, 0.3) is 0 Å². The minimum atomic E-state index is -0.805. The fourth-order valence-electron chi connectivity index (χ4n) is 1.61. The molecule has 16 heavy (non-hydrogen) atoms. The number of likely N-dealkylation sites (N-methyl/N-ethyl adjacent to an activating group) is 1. The molecule has 1 aromatic carbocycles. The van der Waals surface area contributed by atoms with Gasteiger partial charge < -0.3 is 14.7 Å². The lowest BCUT2D eigenvalue weighted by atomic mass is 10.1. The molecule has 0 radical (unpaired) electrons. The predicted octanol–water partition coefficient (Wildman–Crippen LogP) is 1.99. The molecule has 0 unspecified atom stereocenters. The summed E-state index contributed by atoms with van der Waals surface area (Å²) in [5, 5.41) is 9.04. The summed E-state index contributed by atoms with van der Waals surface area (Å²) < 4.78 is 5.05. The van der Waals surface area contributed by atoms with Gasteiger partial charge >= 0.3 is 5.97 Å². The highest BCUT2D eigenvalue weighted by Gasteiger charge is 2.20. The molecule has 0 aliphatic heterocycles. The maximum absolute atomic E-state index is 11.0. The highest BCUT2D eigenvalue weighted by Crippen LogP contribution is 2.20. The number of hydrogen-bond donors (Lipinski definition) is 1. The largest absolute Gasteiger partial charge is 0.497 e. The second kappa shape index (κ2) is 5.39. The summed E-state index contributed by atoms with van der Waals surface area (Å²) in [5.41, 5.74) is 0.870. The van der Waals surface area contributed by atoms with E-state index in [1.807, 2.05) is 31.2 Å². The van der Waals surface area contributed by atoms with Gasteiger partial charge in [-0.1, -0.05) is 6.92 Å². The average molecular weight is 223 g/mol. The molecule has 0 bridgehead atoms. The van der Waals surface area contributed by atoms with Crippen molar-refractivity contribution in [1.29, 1.82) is 0 Å². The third-order valence-electron chi connectivity index (χ3n) is 2.62. The van der Waals surface area contributed by atoms with E-state index in [0.29, 0.717) is 6.42 Å². The summed E-state index contributed by atoms with van der Waals surface area (Å²) in [4.78, 5) is 12.8. The minimum absolute atomic E-state index is 0.492. The predicted molar refractivity (Wildman–Crippen MR) is 63.1 cm³/mol. The third-order valence-corrected chi connectivity index (χ3v) is 2.62. The van der Waals surface area contributed by atoms with Crippen LogP contribution in [-0.2, 0) is 4.79 Å². The van der Waals surface area contributed by atoms with Gasteiger partial charge in [0.1, 0.15) is 11.8 Å². The monoisotopic (exact) mass is 223 g/mol. The van der Waals surface area contributed by atoms with Crippen molar-refractivity contribution in [2.45, 2.75) is 19.4 Å². The van der Waals surface area contributed by atoms with Crippen LogP contribution in [0.4, 0.5) is 5.69 Å². The Labute approximate surface area is 95.5 Å². The van der Waals surface area contributed by atoms with Gasteiger partial charge in [0.15, 0.2) is 0 Å². The van der Waals surface area contributed by atoms with Crippen LogP contribution in [0.25, 0.3) is 0 Å². The molecular weight excluding hydrogens is 206 g/mol. The van der Waals surface area contributed by atoms with E-state index >= 15 is 0 Å². The number of benzene rings is 1. The molecular formula is C12H17NO3. The third kappa shape index (κ3) is 2.66. The molecule has 0 aliphatic carbocycles. The lowest BCUT2D eigenvalue weighted by Gasteiger charge is -2.25. The number of hydrogen-bond acceptors (Lipinski definition) is 3. The van der Waals surface area contributed by atoms with Crippen molar-refractivity contribution in [3.05, 3.63) is 24.3 Å². The van der Waals surface area contributed by atoms with Gasteiger partial charge in [-0.15, -0.1) is 0 Å². The number of carboxylic acid groups (broad SMARTS) is 1. The molecule has 0 amide bonds. The van der Waals surface area contributed by atoms with Gasteiger partial charge in [0.2, 0.25) is 0 Å². The second-order valence-electron chi connectivity index (χ2n) is 3.57. The standard InChI is InChI=1S/C12H17NO3/c1-4-11(12(14)15)13(2)9-5-7-10(16-3)8-6-9/h5-8,11H,4H2,1-3H3,(H,14,15)/t11-/m1/s1. The van der Waals surface area contributed by atoms with Crippen LogP contribution in [-0.4, -0.2) is 31.3 Å². The fraction of sp³-hybridized carbons (Fsp3) is 0.417. The van der Waals surface area contributed by atoms with Gasteiger partial charge in [0, 0.05) is 12.7 Å². The first-order chi connectivity index (χ1) is 7.60. The number of aliphatic carboxylic acids is 1. The molecule has 4 nitrogen and oxygen atoms in total. The smallest absolute Gasteiger partial charge is 0.326 e. The first kappa shape index (κ1) is 12.4. The summed E-state index contributed by atoms with van der Waals surface area (Å²) in [6.07, 6.45) is 0.567. The molecule has 0 fully saturated rings. The Bertz CT molecular complexity index is 348. The van der Waals surface area contributed by atoms with E-state index in [4.69, 9.17) is 9.84 Å². The van der Waals surface area contributed by atoms with Crippen molar-refractivity contribution in [1.82, 2.24) is 0 Å². The van der Waals surface area contributed by atoms with Crippen LogP contribution in [0.3, 0.4) is 0 Å². The lowest BCUT2D eigenvalue weighted by molar-refractivity contribution is -0.138. The average Bonchev–Trinajstić information content (AvgIpc) is 2.29. The van der Waals surface area contributed by atoms with E-state index in [2.05, 4.69) is 0 Å². The van der Waals surface area contributed by atoms with Gasteiger partial charge in [-0.3, -0.25) is 0 Å². The Kier molecular flexibility index (Phi) is 4.17. The van der Waals surface area contributed by atoms with Crippen LogP contribution >= 0.6 is 0 Å². The topological polar surface area (TPSA) is 49.8 Å². The molecule has 0 aromatic heterocycles. The molecule has 0 saturated carbocycles. The van der Waals surface area contributed by atoms with E-state index in [1.165, 1.54) is 0 Å². The SMILES string of the molecule is CC[C@H](C(=O)O)N(C)c1ccc(OC)cc1. The summed E-state index contributed by atoms with van der Waals surface area (Å²) >= 11 is 0. The normalized spacial score (nSPS) is 11.9. The number of anilines is 1. The van der Waals surface area contributed by atoms with Gasteiger partial charge in [0.05, 0.1) is 7.11 Å². The van der Waals surface area contributed by atoms with E-state index in [1.54, 1.807) is 19.1 Å². The fourth-order valence-corrected chi connectivity index (χ4v) is 1.61. The van der Waals surface area contributed by atoms with Gasteiger partial charge in [-0.25, -0.2) is 4.79 Å². The Hall–Kier alpha value is -1.71. The van der Waals surface area contributed by atoms with Gasteiger partial charge in [-0.2, -0.15) is 0 Å². The van der Waals surface area contributed by atoms with Crippen molar-refractivity contribution in [3.63, 3.8) is 0 Å². The minimum Gasteiger partial charge on any atom is -0.497 e. The van der Waals surface area contributed by atoms with E-state index < -0.39 is 12.0 Å². The van der Waals surface area contributed by atoms with Crippen molar-refractivity contribution in [2.75, 3.05) is 19.1 Å². The van der Waals surface area contributed by atoms with Gasteiger partial charge in [-0.05, 0) is 30.7 Å². The molecule has 0 aliphatic rings. The number of rotatable bonds is 5. The zero-order valence-corrected chi connectivity index (χ0v) is 9.80. The molecule has 1 rings (SSSR count). The van der Waals surface area contributed by atoms with E-state index in [0.717, 1.165) is 11.4 Å². The van der Waals surface area contributed by atoms with Crippen LogP contribution in [0.15, 0.2) is 24.3 Å². The number of carbonyl (C=O) groups is 1. The molecule has 1 atom stereocenters. The molecule has 0 heterocycles. The second-order valence-corrected chi connectivity index (χ2v) is 3.57. The zero-order valence-electron chi connectivity index (χ0n) is 9.80. The van der Waals surface area contributed by atoms with E-state index in [9.17, 15) is 4.79 Å². The quantitative estimate of drug-likeness (QED) is 0.829. The van der Waals surface area contributed by atoms with Crippen molar-refractivity contribution >= 4 is 11.7 Å². The number of ether oxygens (including phenoxy) is 1. The van der Waals surface area contributed by atoms with Crippen molar-refractivity contribution in [2.24, 2.45) is 0 Å². The maximum atomic E-state index is 11.0. The first-order valence-corrected chi connectivity index (χ1v) is 5.19. The summed E-state index contributed by atoms with van der Waals surface area (Å²) in [5.74, 6) is -0.0404. The summed E-state index contributed by atoms with van der Waals surface area (Å²) in [7, 11) is 3.38. The Morgan fingerprint density at radius 1 is 1.44 bits per heavy atom. The maximum Gasteiger partial charge on any atom is 0.326 e. The Morgan fingerprint density at radius 2 is 2.00 bits per heavy atom. The molecule has 0 saturated heterocycles. The van der Waals surface area contributed by atoms with Crippen LogP contribution in [0.2, 0.25) is 0 Å². The highest BCUT2D eigenvalue weighted by molar-refractivity contribution is 5.78. The summed E-state index contributed by atoms with van der Waals surface area (Å²) in [6, 6.07) is 6.85. The van der Waals surface area contributed by atoms with Crippen molar-refractivity contribution < 1.29 is 14.6 Å². The Balaban J connectivity index is 2.86. The lowest BCUT2D eigenvalue weighted by Crippen LogP contribution is -2.37. The van der Waals surface area contributed by atoms with Crippen LogP contribution in [0, 0.1) is 0 Å². The zero-order chi connectivity index (χ0) is 12.1.